The molecule has 0 unspecified atom stereocenters. The number of hydrogen-bond donors (Lipinski definition) is 0. The van der Waals surface area contributed by atoms with Crippen molar-refractivity contribution >= 4 is 5.69 Å². The van der Waals surface area contributed by atoms with Crippen molar-refractivity contribution < 1.29 is 4.39 Å². The molecule has 1 aliphatic rings. The summed E-state index contributed by atoms with van der Waals surface area (Å²) in [6.07, 6.45) is 4.10. The van der Waals surface area contributed by atoms with Crippen molar-refractivity contribution in [2.45, 2.75) is 33.2 Å². The fraction of sp³-hybridized carbons (Fsp3) is 0.417. The molecule has 30 heavy (non-hydrogen) atoms. The van der Waals surface area contributed by atoms with E-state index in [1.807, 2.05) is 16.9 Å². The molecular formula is C24H30FN5. The van der Waals surface area contributed by atoms with E-state index in [0.717, 1.165) is 63.4 Å². The Morgan fingerprint density at radius 2 is 1.70 bits per heavy atom. The Morgan fingerprint density at radius 3 is 2.47 bits per heavy atom. The van der Waals surface area contributed by atoms with Gasteiger partial charge in [-0.05, 0) is 68.6 Å². The molecule has 0 N–H and O–H groups in total. The van der Waals surface area contributed by atoms with Crippen LogP contribution in [0.1, 0.15) is 24.0 Å². The highest BCUT2D eigenvalue weighted by molar-refractivity contribution is 5.57. The molecule has 1 fully saturated rings. The van der Waals surface area contributed by atoms with E-state index in [9.17, 15) is 4.39 Å². The molecule has 158 valence electrons. The predicted molar refractivity (Wildman–Crippen MR) is 119 cm³/mol. The quantitative estimate of drug-likeness (QED) is 0.547. The summed E-state index contributed by atoms with van der Waals surface area (Å²) in [6, 6.07) is 13.3. The van der Waals surface area contributed by atoms with Crippen molar-refractivity contribution in [2.24, 2.45) is 0 Å². The van der Waals surface area contributed by atoms with Crippen molar-refractivity contribution in [3.8, 4) is 11.3 Å². The Labute approximate surface area is 178 Å². The maximum absolute atomic E-state index is 13.4. The molecule has 0 amide bonds. The Morgan fingerprint density at radius 1 is 0.900 bits per heavy atom. The maximum atomic E-state index is 13.4. The first kappa shape index (κ1) is 20.5. The number of unbranched alkanes of at least 4 members (excludes halogenated alkanes) is 1. The lowest BCUT2D eigenvalue weighted by atomic mass is 10.1. The normalized spacial score (nSPS) is 15.0. The molecule has 1 saturated heterocycles. The highest BCUT2D eigenvalue weighted by Crippen LogP contribution is 2.20. The fourth-order valence-electron chi connectivity index (χ4n) is 3.95. The van der Waals surface area contributed by atoms with Gasteiger partial charge in [0.05, 0.1) is 6.20 Å². The maximum Gasteiger partial charge on any atom is 0.123 e. The van der Waals surface area contributed by atoms with Gasteiger partial charge in [0.2, 0.25) is 0 Å². The highest BCUT2D eigenvalue weighted by atomic mass is 19.1. The van der Waals surface area contributed by atoms with Crippen LogP contribution in [0.2, 0.25) is 0 Å². The van der Waals surface area contributed by atoms with Crippen molar-refractivity contribution in [1.82, 2.24) is 19.9 Å². The zero-order valence-electron chi connectivity index (χ0n) is 17.9. The van der Waals surface area contributed by atoms with Gasteiger partial charge in [0, 0.05) is 44.0 Å². The van der Waals surface area contributed by atoms with Gasteiger partial charge < -0.3 is 4.90 Å². The number of rotatable bonds is 7. The van der Waals surface area contributed by atoms with Gasteiger partial charge >= 0.3 is 0 Å². The van der Waals surface area contributed by atoms with Gasteiger partial charge in [0.25, 0.3) is 0 Å². The van der Waals surface area contributed by atoms with Crippen LogP contribution in [0.25, 0.3) is 11.3 Å². The van der Waals surface area contributed by atoms with E-state index in [-0.39, 0.29) is 5.82 Å². The van der Waals surface area contributed by atoms with Crippen LogP contribution in [0, 0.1) is 19.7 Å². The van der Waals surface area contributed by atoms with Crippen LogP contribution in [0.4, 0.5) is 10.1 Å². The second-order valence-electron chi connectivity index (χ2n) is 8.18. The first-order valence-corrected chi connectivity index (χ1v) is 10.8. The van der Waals surface area contributed by atoms with E-state index in [2.05, 4.69) is 52.2 Å². The van der Waals surface area contributed by atoms with Crippen molar-refractivity contribution in [3.05, 3.63) is 65.6 Å². The number of halogens is 1. The molecule has 5 nitrogen and oxygen atoms in total. The highest BCUT2D eigenvalue weighted by Gasteiger charge is 2.17. The van der Waals surface area contributed by atoms with Crippen LogP contribution in [0.15, 0.2) is 48.7 Å². The van der Waals surface area contributed by atoms with Gasteiger partial charge in [-0.15, -0.1) is 5.10 Å². The molecule has 0 saturated carbocycles. The van der Waals surface area contributed by atoms with E-state index in [1.54, 1.807) is 6.07 Å². The minimum absolute atomic E-state index is 0.250. The van der Waals surface area contributed by atoms with Crippen LogP contribution in [0.5, 0.6) is 0 Å². The third-order valence-corrected chi connectivity index (χ3v) is 6.00. The number of piperazine rings is 1. The SMILES string of the molecule is Cc1ccc(N2CCN(CCCCn3cc(-c4cccc(F)c4)nn3)CC2)cc1C. The second-order valence-corrected chi connectivity index (χ2v) is 8.18. The molecule has 0 bridgehead atoms. The number of aryl methyl sites for hydroxylation is 3. The lowest BCUT2D eigenvalue weighted by Gasteiger charge is -2.36. The summed E-state index contributed by atoms with van der Waals surface area (Å²) < 4.78 is 15.2. The molecule has 3 aromatic rings. The molecule has 2 aromatic carbocycles. The average Bonchev–Trinajstić information content (AvgIpc) is 3.23. The van der Waals surface area contributed by atoms with Crippen LogP contribution in [-0.2, 0) is 6.54 Å². The number of nitrogens with zero attached hydrogens (tertiary/aromatic N) is 5. The van der Waals surface area contributed by atoms with Gasteiger partial charge in [0.1, 0.15) is 11.5 Å². The van der Waals surface area contributed by atoms with Crippen LogP contribution < -0.4 is 4.90 Å². The molecule has 4 rings (SSSR count). The predicted octanol–water partition coefficient (Wildman–Crippen LogP) is 4.30. The molecule has 6 heteroatoms. The Balaban J connectivity index is 1.18. The summed E-state index contributed by atoms with van der Waals surface area (Å²) in [7, 11) is 0. The molecule has 0 atom stereocenters. The van der Waals surface area contributed by atoms with Crippen LogP contribution >= 0.6 is 0 Å². The van der Waals surface area contributed by atoms with E-state index >= 15 is 0 Å². The minimum Gasteiger partial charge on any atom is -0.369 e. The molecule has 0 spiro atoms. The first-order chi connectivity index (χ1) is 14.6. The Hall–Kier alpha value is -2.73. The van der Waals surface area contributed by atoms with E-state index in [0.29, 0.717) is 0 Å². The van der Waals surface area contributed by atoms with E-state index in [4.69, 9.17) is 0 Å². The number of aromatic nitrogens is 3. The average molecular weight is 408 g/mol. The number of benzene rings is 2. The van der Waals surface area contributed by atoms with E-state index < -0.39 is 0 Å². The monoisotopic (exact) mass is 407 g/mol. The molecule has 2 heterocycles. The fourth-order valence-corrected chi connectivity index (χ4v) is 3.95. The summed E-state index contributed by atoms with van der Waals surface area (Å²) in [5, 5.41) is 8.36. The van der Waals surface area contributed by atoms with Crippen molar-refractivity contribution in [2.75, 3.05) is 37.6 Å². The minimum atomic E-state index is -0.250. The summed E-state index contributed by atoms with van der Waals surface area (Å²) in [5.74, 6) is -0.250. The van der Waals surface area contributed by atoms with E-state index in [1.165, 1.54) is 28.9 Å². The van der Waals surface area contributed by atoms with Gasteiger partial charge in [0.15, 0.2) is 0 Å². The molecule has 0 aliphatic carbocycles. The summed E-state index contributed by atoms with van der Waals surface area (Å²) in [4.78, 5) is 5.04. The van der Waals surface area contributed by atoms with Crippen molar-refractivity contribution in [3.63, 3.8) is 0 Å². The first-order valence-electron chi connectivity index (χ1n) is 10.8. The third kappa shape index (κ3) is 5.05. The molecule has 1 aromatic heterocycles. The standard InChI is InChI=1S/C24H30FN5/c1-19-8-9-23(16-20(19)2)29-14-12-28(13-15-29)10-3-4-11-30-18-24(26-27-30)21-6-5-7-22(25)17-21/h5-9,16-18H,3-4,10-15H2,1-2H3. The van der Waals surface area contributed by atoms with Gasteiger partial charge in [-0.3, -0.25) is 9.58 Å². The molecule has 0 radical (unpaired) electrons. The lowest BCUT2D eigenvalue weighted by molar-refractivity contribution is 0.250. The number of anilines is 1. The largest absolute Gasteiger partial charge is 0.369 e. The van der Waals surface area contributed by atoms with Crippen LogP contribution in [-0.4, -0.2) is 52.6 Å². The van der Waals surface area contributed by atoms with Gasteiger partial charge in [-0.1, -0.05) is 23.4 Å². The molecule has 1 aliphatic heterocycles. The van der Waals surface area contributed by atoms with Gasteiger partial charge in [-0.25, -0.2) is 4.39 Å². The Bertz CT molecular complexity index is 975. The molecular weight excluding hydrogens is 377 g/mol. The smallest absolute Gasteiger partial charge is 0.123 e. The van der Waals surface area contributed by atoms with Crippen LogP contribution in [0.3, 0.4) is 0 Å². The summed E-state index contributed by atoms with van der Waals surface area (Å²) in [6.45, 7) is 10.7. The Kier molecular flexibility index (Phi) is 6.43. The second kappa shape index (κ2) is 9.39. The number of hydrogen-bond acceptors (Lipinski definition) is 4. The van der Waals surface area contributed by atoms with Crippen molar-refractivity contribution in [1.29, 1.82) is 0 Å². The van der Waals surface area contributed by atoms with Gasteiger partial charge in [-0.2, -0.15) is 0 Å². The summed E-state index contributed by atoms with van der Waals surface area (Å²) >= 11 is 0. The summed E-state index contributed by atoms with van der Waals surface area (Å²) in [5.41, 5.74) is 5.55. The zero-order valence-corrected chi connectivity index (χ0v) is 17.9. The zero-order chi connectivity index (χ0) is 20.9. The topological polar surface area (TPSA) is 37.2 Å². The lowest BCUT2D eigenvalue weighted by Crippen LogP contribution is -2.46. The third-order valence-electron chi connectivity index (χ3n) is 6.00.